The third-order valence-corrected chi connectivity index (χ3v) is 2.81. The molecule has 0 aromatic carbocycles. The van der Waals surface area contributed by atoms with E-state index >= 15 is 0 Å². The van der Waals surface area contributed by atoms with E-state index in [1.165, 1.54) is 6.20 Å². The van der Waals surface area contributed by atoms with E-state index in [-0.39, 0.29) is 5.91 Å². The molecule has 2 aromatic rings. The number of hydrogen-bond acceptors (Lipinski definition) is 6. The standard InChI is InChI=1S/C11H13N5OS/c1-2-4-13-9-3-5-12-6-8(9)11(17)15-10-7-14-16-18-10/h3,5-7H,2,4H2,1H3,(H,12,13)(H,15,17). The number of hydrogen-bond donors (Lipinski definition) is 2. The number of nitrogens with zero attached hydrogens (tertiary/aromatic N) is 3. The maximum absolute atomic E-state index is 12.1. The molecule has 2 N–H and O–H groups in total. The second-order valence-corrected chi connectivity index (χ2v) is 4.37. The van der Waals surface area contributed by atoms with Gasteiger partial charge in [0.25, 0.3) is 5.91 Å². The van der Waals surface area contributed by atoms with Gasteiger partial charge in [-0.3, -0.25) is 9.78 Å². The van der Waals surface area contributed by atoms with Crippen LogP contribution in [0.25, 0.3) is 0 Å². The highest BCUT2D eigenvalue weighted by molar-refractivity contribution is 7.10. The first kappa shape index (κ1) is 12.4. The summed E-state index contributed by atoms with van der Waals surface area (Å²) in [5.41, 5.74) is 1.29. The lowest BCUT2D eigenvalue weighted by atomic mass is 10.2. The highest BCUT2D eigenvalue weighted by Crippen LogP contribution is 2.17. The van der Waals surface area contributed by atoms with Crippen LogP contribution in [0.2, 0.25) is 0 Å². The summed E-state index contributed by atoms with van der Waals surface area (Å²) in [4.78, 5) is 16.0. The van der Waals surface area contributed by atoms with Gasteiger partial charge in [-0.2, -0.15) is 0 Å². The fourth-order valence-electron chi connectivity index (χ4n) is 1.39. The number of aromatic nitrogens is 3. The quantitative estimate of drug-likeness (QED) is 0.862. The number of carbonyl (C=O) groups excluding carboxylic acids is 1. The molecule has 6 nitrogen and oxygen atoms in total. The van der Waals surface area contributed by atoms with Crippen LogP contribution >= 0.6 is 11.5 Å². The minimum absolute atomic E-state index is 0.215. The molecule has 1 amide bonds. The molecule has 0 unspecified atom stereocenters. The molecule has 18 heavy (non-hydrogen) atoms. The molecule has 7 heteroatoms. The lowest BCUT2D eigenvalue weighted by Gasteiger charge is -2.09. The fraction of sp³-hybridized carbons (Fsp3) is 0.273. The first-order valence-corrected chi connectivity index (χ1v) is 6.35. The van der Waals surface area contributed by atoms with Crippen molar-refractivity contribution < 1.29 is 4.79 Å². The van der Waals surface area contributed by atoms with Gasteiger partial charge in [0.2, 0.25) is 0 Å². The van der Waals surface area contributed by atoms with E-state index in [2.05, 4.69) is 32.1 Å². The molecule has 0 fully saturated rings. The van der Waals surface area contributed by atoms with Crippen LogP contribution in [-0.4, -0.2) is 27.0 Å². The molecule has 0 atom stereocenters. The Hall–Kier alpha value is -2.02. The third kappa shape index (κ3) is 3.01. The molecule has 0 saturated heterocycles. The zero-order chi connectivity index (χ0) is 12.8. The summed E-state index contributed by atoms with van der Waals surface area (Å²) in [6, 6.07) is 1.79. The van der Waals surface area contributed by atoms with Crippen molar-refractivity contribution in [1.82, 2.24) is 14.6 Å². The molecular weight excluding hydrogens is 250 g/mol. The van der Waals surface area contributed by atoms with Gasteiger partial charge in [0, 0.05) is 30.5 Å². The smallest absolute Gasteiger partial charge is 0.260 e. The Labute approximate surface area is 109 Å². The number of carbonyl (C=O) groups is 1. The van der Waals surface area contributed by atoms with Crippen LogP contribution in [0.4, 0.5) is 10.7 Å². The van der Waals surface area contributed by atoms with E-state index in [0.29, 0.717) is 10.6 Å². The zero-order valence-corrected chi connectivity index (χ0v) is 10.7. The molecule has 2 rings (SSSR count). The van der Waals surface area contributed by atoms with Crippen LogP contribution < -0.4 is 10.6 Å². The van der Waals surface area contributed by atoms with Gasteiger partial charge in [-0.1, -0.05) is 11.4 Å². The van der Waals surface area contributed by atoms with Crippen LogP contribution in [0, 0.1) is 0 Å². The third-order valence-electron chi connectivity index (χ3n) is 2.23. The van der Waals surface area contributed by atoms with Crippen LogP contribution in [0.3, 0.4) is 0 Å². The molecule has 0 bridgehead atoms. The predicted octanol–water partition coefficient (Wildman–Crippen LogP) is 2.01. The molecule has 94 valence electrons. The van der Waals surface area contributed by atoms with Crippen molar-refractivity contribution in [3.8, 4) is 0 Å². The molecule has 0 spiro atoms. The average molecular weight is 263 g/mol. The molecule has 0 aliphatic rings. The Morgan fingerprint density at radius 2 is 2.33 bits per heavy atom. The summed E-state index contributed by atoms with van der Waals surface area (Å²) < 4.78 is 3.69. The van der Waals surface area contributed by atoms with E-state index in [9.17, 15) is 4.79 Å². The second kappa shape index (κ2) is 6.06. The van der Waals surface area contributed by atoms with Gasteiger partial charge in [0.15, 0.2) is 0 Å². The average Bonchev–Trinajstić information content (AvgIpc) is 2.89. The lowest BCUT2D eigenvalue weighted by molar-refractivity contribution is 0.102. The molecule has 0 radical (unpaired) electrons. The molecule has 0 saturated carbocycles. The maximum Gasteiger partial charge on any atom is 0.260 e. The van der Waals surface area contributed by atoms with Crippen molar-refractivity contribution in [3.05, 3.63) is 30.2 Å². The molecule has 2 aromatic heterocycles. The summed E-state index contributed by atoms with van der Waals surface area (Å²) in [7, 11) is 0. The zero-order valence-electron chi connectivity index (χ0n) is 9.88. The fourth-order valence-corrected chi connectivity index (χ4v) is 1.81. The predicted molar refractivity (Wildman–Crippen MR) is 70.9 cm³/mol. The van der Waals surface area contributed by atoms with Crippen LogP contribution in [0.1, 0.15) is 23.7 Å². The van der Waals surface area contributed by atoms with Gasteiger partial charge in [0.05, 0.1) is 17.4 Å². The first-order valence-electron chi connectivity index (χ1n) is 5.58. The minimum atomic E-state index is -0.215. The molecular formula is C11H13N5OS. The number of rotatable bonds is 5. The van der Waals surface area contributed by atoms with Crippen molar-refractivity contribution in [1.29, 1.82) is 0 Å². The number of amides is 1. The minimum Gasteiger partial charge on any atom is -0.384 e. The first-order chi connectivity index (χ1) is 8.81. The van der Waals surface area contributed by atoms with Crippen molar-refractivity contribution in [2.75, 3.05) is 17.2 Å². The lowest BCUT2D eigenvalue weighted by Crippen LogP contribution is -2.14. The summed E-state index contributed by atoms with van der Waals surface area (Å²) in [6.45, 7) is 2.88. The largest absolute Gasteiger partial charge is 0.384 e. The Kier molecular flexibility index (Phi) is 4.19. The Morgan fingerprint density at radius 1 is 1.44 bits per heavy atom. The maximum atomic E-state index is 12.1. The Morgan fingerprint density at radius 3 is 3.06 bits per heavy atom. The Bertz CT molecular complexity index is 514. The van der Waals surface area contributed by atoms with Crippen molar-refractivity contribution >= 4 is 28.1 Å². The van der Waals surface area contributed by atoms with E-state index in [4.69, 9.17) is 0 Å². The normalized spacial score (nSPS) is 10.1. The second-order valence-electron chi connectivity index (χ2n) is 3.58. The van der Waals surface area contributed by atoms with E-state index in [0.717, 1.165) is 30.2 Å². The van der Waals surface area contributed by atoms with E-state index < -0.39 is 0 Å². The highest BCUT2D eigenvalue weighted by atomic mass is 32.1. The van der Waals surface area contributed by atoms with E-state index in [1.54, 1.807) is 18.5 Å². The number of pyridine rings is 1. The summed E-state index contributed by atoms with van der Waals surface area (Å²) >= 11 is 1.14. The summed E-state index contributed by atoms with van der Waals surface area (Å²) in [5.74, 6) is -0.215. The van der Waals surface area contributed by atoms with Crippen LogP contribution in [0.15, 0.2) is 24.7 Å². The van der Waals surface area contributed by atoms with Gasteiger partial charge in [0.1, 0.15) is 5.00 Å². The number of nitrogens with one attached hydrogen (secondary N) is 2. The van der Waals surface area contributed by atoms with Crippen molar-refractivity contribution in [2.45, 2.75) is 13.3 Å². The van der Waals surface area contributed by atoms with Gasteiger partial charge in [-0.15, -0.1) is 5.10 Å². The van der Waals surface area contributed by atoms with Gasteiger partial charge < -0.3 is 10.6 Å². The monoisotopic (exact) mass is 263 g/mol. The van der Waals surface area contributed by atoms with Crippen molar-refractivity contribution in [2.24, 2.45) is 0 Å². The van der Waals surface area contributed by atoms with Gasteiger partial charge in [-0.25, -0.2) is 0 Å². The van der Waals surface area contributed by atoms with Gasteiger partial charge in [-0.05, 0) is 12.5 Å². The van der Waals surface area contributed by atoms with Crippen molar-refractivity contribution in [3.63, 3.8) is 0 Å². The SMILES string of the molecule is CCCNc1ccncc1C(=O)Nc1cnns1. The molecule has 0 aliphatic carbocycles. The van der Waals surface area contributed by atoms with Gasteiger partial charge >= 0.3 is 0 Å². The van der Waals surface area contributed by atoms with Crippen LogP contribution in [0.5, 0.6) is 0 Å². The van der Waals surface area contributed by atoms with Crippen LogP contribution in [-0.2, 0) is 0 Å². The molecule has 0 aliphatic heterocycles. The topological polar surface area (TPSA) is 79.8 Å². The summed E-state index contributed by atoms with van der Waals surface area (Å²) in [6.07, 6.45) is 5.70. The molecule has 2 heterocycles. The summed E-state index contributed by atoms with van der Waals surface area (Å²) in [5, 5.41) is 10.2. The Balaban J connectivity index is 2.13. The highest BCUT2D eigenvalue weighted by Gasteiger charge is 2.12. The van der Waals surface area contributed by atoms with E-state index in [1.807, 2.05) is 0 Å². The number of anilines is 2.